The van der Waals surface area contributed by atoms with Crippen molar-refractivity contribution in [2.45, 2.75) is 4.21 Å². The topological polar surface area (TPSA) is 80.3 Å². The Balaban J connectivity index is 1.74. The molecule has 124 valence electrons. The summed E-state index contributed by atoms with van der Waals surface area (Å²) in [5.74, 6) is 0.967. The van der Waals surface area contributed by atoms with Crippen LogP contribution in [0.15, 0.2) is 64.3 Å². The van der Waals surface area contributed by atoms with Gasteiger partial charge in [0.05, 0.1) is 24.7 Å². The molecule has 0 radical (unpaired) electrons. The largest absolute Gasteiger partial charge is 0.495 e. The first kappa shape index (κ1) is 16.3. The minimum absolute atomic E-state index is 0.250. The standard InChI is InChI=1S/C16H15N3O3S2/c1-22-14-6-3-2-5-13(14)18-12-8-9-15(17-11-12)19-24(20,21)16-7-4-10-23-16/h2-11,18H,1H3,(H,17,19). The van der Waals surface area contributed by atoms with Gasteiger partial charge in [0, 0.05) is 0 Å². The lowest BCUT2D eigenvalue weighted by Gasteiger charge is -2.11. The molecule has 24 heavy (non-hydrogen) atoms. The van der Waals surface area contributed by atoms with Gasteiger partial charge in [-0.05, 0) is 35.7 Å². The van der Waals surface area contributed by atoms with Crippen LogP contribution in [0.4, 0.5) is 17.2 Å². The maximum absolute atomic E-state index is 12.1. The van der Waals surface area contributed by atoms with Crippen molar-refractivity contribution in [2.24, 2.45) is 0 Å². The van der Waals surface area contributed by atoms with Crippen molar-refractivity contribution in [2.75, 3.05) is 17.1 Å². The van der Waals surface area contributed by atoms with Crippen LogP contribution >= 0.6 is 11.3 Å². The van der Waals surface area contributed by atoms with Gasteiger partial charge < -0.3 is 10.1 Å². The molecule has 0 aliphatic heterocycles. The van der Waals surface area contributed by atoms with Gasteiger partial charge in [0.25, 0.3) is 10.0 Å². The van der Waals surface area contributed by atoms with E-state index in [-0.39, 0.29) is 10.0 Å². The fourth-order valence-corrected chi connectivity index (χ4v) is 4.04. The lowest BCUT2D eigenvalue weighted by Crippen LogP contribution is -2.12. The number of sulfonamides is 1. The Bertz CT molecular complexity index is 908. The van der Waals surface area contributed by atoms with Crippen molar-refractivity contribution in [1.82, 2.24) is 4.98 Å². The molecule has 0 unspecified atom stereocenters. The van der Waals surface area contributed by atoms with E-state index in [1.807, 2.05) is 24.3 Å². The Morgan fingerprint density at radius 2 is 1.92 bits per heavy atom. The van der Waals surface area contributed by atoms with E-state index in [1.165, 1.54) is 0 Å². The minimum Gasteiger partial charge on any atom is -0.495 e. The first-order valence-electron chi connectivity index (χ1n) is 7.01. The molecule has 8 heteroatoms. The molecule has 0 fully saturated rings. The number of ether oxygens (including phenoxy) is 1. The summed E-state index contributed by atoms with van der Waals surface area (Å²) < 4.78 is 32.3. The average molecular weight is 361 g/mol. The predicted molar refractivity (Wildman–Crippen MR) is 95.6 cm³/mol. The molecule has 3 rings (SSSR count). The first-order valence-corrected chi connectivity index (χ1v) is 9.37. The zero-order chi connectivity index (χ0) is 17.0. The quantitative estimate of drug-likeness (QED) is 0.700. The number of nitrogens with one attached hydrogen (secondary N) is 2. The molecule has 1 aromatic carbocycles. The second-order valence-corrected chi connectivity index (χ2v) is 7.65. The molecular formula is C16H15N3O3S2. The number of anilines is 3. The second kappa shape index (κ2) is 6.90. The number of benzene rings is 1. The summed E-state index contributed by atoms with van der Waals surface area (Å²) in [6.45, 7) is 0. The van der Waals surface area contributed by atoms with Crippen molar-refractivity contribution in [3.05, 3.63) is 60.1 Å². The molecular weight excluding hydrogens is 346 g/mol. The maximum Gasteiger partial charge on any atom is 0.272 e. The molecule has 0 spiro atoms. The number of hydrogen-bond acceptors (Lipinski definition) is 6. The van der Waals surface area contributed by atoms with Gasteiger partial charge in [-0.3, -0.25) is 4.72 Å². The van der Waals surface area contributed by atoms with Crippen LogP contribution in [0.25, 0.3) is 0 Å². The number of aromatic nitrogens is 1. The van der Waals surface area contributed by atoms with E-state index in [0.717, 1.165) is 22.7 Å². The summed E-state index contributed by atoms with van der Waals surface area (Å²) in [4.78, 5) is 4.14. The number of pyridine rings is 1. The molecule has 0 saturated carbocycles. The second-order valence-electron chi connectivity index (χ2n) is 4.79. The van der Waals surface area contributed by atoms with E-state index in [0.29, 0.717) is 5.75 Å². The van der Waals surface area contributed by atoms with Crippen LogP contribution in [-0.4, -0.2) is 20.5 Å². The molecule has 0 aliphatic rings. The SMILES string of the molecule is COc1ccccc1Nc1ccc(NS(=O)(=O)c2cccs2)nc1. The fourth-order valence-electron chi connectivity index (χ4n) is 2.04. The van der Waals surface area contributed by atoms with Gasteiger partial charge in [-0.2, -0.15) is 0 Å². The van der Waals surface area contributed by atoms with Gasteiger partial charge >= 0.3 is 0 Å². The van der Waals surface area contributed by atoms with E-state index in [4.69, 9.17) is 4.74 Å². The number of thiophene rings is 1. The summed E-state index contributed by atoms with van der Waals surface area (Å²) in [5, 5.41) is 4.89. The van der Waals surface area contributed by atoms with Gasteiger partial charge in [0.15, 0.2) is 0 Å². The Labute approximate surface area is 144 Å². The summed E-state index contributed by atoms with van der Waals surface area (Å²) >= 11 is 1.15. The van der Waals surface area contributed by atoms with Gasteiger partial charge in [-0.15, -0.1) is 11.3 Å². The number of methoxy groups -OCH3 is 1. The molecule has 0 atom stereocenters. The van der Waals surface area contributed by atoms with Crippen molar-refractivity contribution in [3.8, 4) is 5.75 Å². The van der Waals surface area contributed by atoms with Gasteiger partial charge in [-0.25, -0.2) is 13.4 Å². The fraction of sp³-hybridized carbons (Fsp3) is 0.0625. The third-order valence-corrected chi connectivity index (χ3v) is 5.90. The highest BCUT2D eigenvalue weighted by atomic mass is 32.2. The summed E-state index contributed by atoms with van der Waals surface area (Å²) in [7, 11) is -1.99. The molecule has 0 bridgehead atoms. The zero-order valence-corrected chi connectivity index (χ0v) is 14.4. The van der Waals surface area contributed by atoms with Crippen molar-refractivity contribution >= 4 is 38.6 Å². The number of para-hydroxylation sites is 2. The van der Waals surface area contributed by atoms with Gasteiger partial charge in [0.2, 0.25) is 0 Å². The molecule has 0 aliphatic carbocycles. The number of hydrogen-bond donors (Lipinski definition) is 2. The number of nitrogens with zero attached hydrogens (tertiary/aromatic N) is 1. The first-order chi connectivity index (χ1) is 11.6. The molecule has 6 nitrogen and oxygen atoms in total. The lowest BCUT2D eigenvalue weighted by molar-refractivity contribution is 0.417. The van der Waals surface area contributed by atoms with Crippen LogP contribution in [0.2, 0.25) is 0 Å². The minimum atomic E-state index is -3.59. The van der Waals surface area contributed by atoms with Crippen LogP contribution < -0.4 is 14.8 Å². The Morgan fingerprint density at radius 1 is 1.08 bits per heavy atom. The Hall–Kier alpha value is -2.58. The predicted octanol–water partition coefficient (Wildman–Crippen LogP) is 3.70. The van der Waals surface area contributed by atoms with Crippen LogP contribution in [0.5, 0.6) is 5.75 Å². The van der Waals surface area contributed by atoms with E-state index < -0.39 is 10.0 Å². The van der Waals surface area contributed by atoms with E-state index in [1.54, 1.807) is 43.0 Å². The third-order valence-electron chi connectivity index (χ3n) is 3.15. The summed E-state index contributed by atoms with van der Waals surface area (Å²) in [5.41, 5.74) is 1.52. The van der Waals surface area contributed by atoms with Gasteiger partial charge in [0.1, 0.15) is 15.8 Å². The number of rotatable bonds is 6. The normalized spacial score (nSPS) is 11.0. The van der Waals surface area contributed by atoms with Crippen molar-refractivity contribution in [1.29, 1.82) is 0 Å². The van der Waals surface area contributed by atoms with E-state index in [9.17, 15) is 8.42 Å². The Kier molecular flexibility index (Phi) is 4.68. The summed E-state index contributed by atoms with van der Waals surface area (Å²) in [6.07, 6.45) is 1.55. The Morgan fingerprint density at radius 3 is 2.58 bits per heavy atom. The van der Waals surface area contributed by atoms with Crippen molar-refractivity contribution in [3.63, 3.8) is 0 Å². The van der Waals surface area contributed by atoms with Gasteiger partial charge in [-0.1, -0.05) is 18.2 Å². The monoisotopic (exact) mass is 361 g/mol. The highest BCUT2D eigenvalue weighted by Gasteiger charge is 2.15. The van der Waals surface area contributed by atoms with Crippen LogP contribution in [0.3, 0.4) is 0 Å². The maximum atomic E-state index is 12.1. The van der Waals surface area contributed by atoms with Crippen LogP contribution in [0.1, 0.15) is 0 Å². The lowest BCUT2D eigenvalue weighted by atomic mass is 10.3. The molecule has 3 aromatic rings. The van der Waals surface area contributed by atoms with Crippen LogP contribution in [-0.2, 0) is 10.0 Å². The molecule has 0 amide bonds. The third kappa shape index (κ3) is 3.66. The zero-order valence-electron chi connectivity index (χ0n) is 12.8. The summed E-state index contributed by atoms with van der Waals surface area (Å²) in [6, 6.07) is 14.1. The highest BCUT2D eigenvalue weighted by Crippen LogP contribution is 2.27. The smallest absolute Gasteiger partial charge is 0.272 e. The molecule has 0 saturated heterocycles. The van der Waals surface area contributed by atoms with E-state index >= 15 is 0 Å². The molecule has 2 N–H and O–H groups in total. The molecule has 2 heterocycles. The van der Waals surface area contributed by atoms with E-state index in [2.05, 4.69) is 15.0 Å². The molecule has 2 aromatic heterocycles. The average Bonchev–Trinajstić information content (AvgIpc) is 3.12. The van der Waals surface area contributed by atoms with Crippen LogP contribution in [0, 0.1) is 0 Å². The van der Waals surface area contributed by atoms with Crippen molar-refractivity contribution < 1.29 is 13.2 Å². The highest BCUT2D eigenvalue weighted by molar-refractivity contribution is 7.94.